The maximum Gasteiger partial charge on any atom is 0.341 e. The van der Waals surface area contributed by atoms with Gasteiger partial charge in [0.05, 0.1) is 23.3 Å². The second-order valence-electron chi connectivity index (χ2n) is 5.17. The molecule has 0 atom stereocenters. The van der Waals surface area contributed by atoms with Crippen molar-refractivity contribution in [2.24, 2.45) is 0 Å². The number of nitrogens with one attached hydrogen (secondary N) is 2. The summed E-state index contributed by atoms with van der Waals surface area (Å²) in [5.41, 5.74) is 0.667. The van der Waals surface area contributed by atoms with Crippen LogP contribution in [0.5, 0.6) is 0 Å². The summed E-state index contributed by atoms with van der Waals surface area (Å²) in [6.07, 6.45) is 2.17. The summed E-state index contributed by atoms with van der Waals surface area (Å²) in [6.45, 7) is 6.01. The smallest absolute Gasteiger partial charge is 0.341 e. The Balaban J connectivity index is 2.36. The quantitative estimate of drug-likeness (QED) is 0.735. The number of amides is 2. The molecule has 2 heterocycles. The van der Waals surface area contributed by atoms with E-state index in [1.54, 1.807) is 19.9 Å². The molecule has 0 aliphatic heterocycles. The maximum absolute atomic E-state index is 12.3. The van der Waals surface area contributed by atoms with Crippen LogP contribution in [0.15, 0.2) is 22.8 Å². The SMILES string of the molecule is CCCNC(=O)c1sc(NC(=O)c2ccco2)c(C(=O)OCC)c1C. The Kier molecular flexibility index (Phi) is 6.35. The van der Waals surface area contributed by atoms with Crippen molar-refractivity contribution in [3.8, 4) is 0 Å². The molecule has 0 unspecified atom stereocenters. The number of carbonyl (C=O) groups is 3. The number of rotatable bonds is 7. The third-order valence-electron chi connectivity index (χ3n) is 3.34. The number of furan rings is 1. The van der Waals surface area contributed by atoms with E-state index >= 15 is 0 Å². The molecule has 0 radical (unpaired) electrons. The Bertz CT molecular complexity index is 764. The third kappa shape index (κ3) is 4.27. The van der Waals surface area contributed by atoms with Crippen molar-refractivity contribution >= 4 is 34.1 Å². The van der Waals surface area contributed by atoms with Crippen molar-refractivity contribution < 1.29 is 23.5 Å². The lowest BCUT2D eigenvalue weighted by Crippen LogP contribution is -2.23. The van der Waals surface area contributed by atoms with Gasteiger partial charge in [-0.05, 0) is 38.0 Å². The zero-order chi connectivity index (χ0) is 18.4. The number of hydrogen-bond donors (Lipinski definition) is 2. The van der Waals surface area contributed by atoms with E-state index in [-0.39, 0.29) is 28.8 Å². The van der Waals surface area contributed by atoms with Gasteiger partial charge in [-0.1, -0.05) is 6.92 Å². The van der Waals surface area contributed by atoms with Gasteiger partial charge in [-0.25, -0.2) is 4.79 Å². The van der Waals surface area contributed by atoms with Crippen LogP contribution in [0.2, 0.25) is 0 Å². The maximum atomic E-state index is 12.3. The van der Waals surface area contributed by atoms with Crippen LogP contribution in [-0.2, 0) is 4.74 Å². The van der Waals surface area contributed by atoms with E-state index in [9.17, 15) is 14.4 Å². The first kappa shape index (κ1) is 18.7. The summed E-state index contributed by atoms with van der Waals surface area (Å²) in [4.78, 5) is 37.2. The van der Waals surface area contributed by atoms with Gasteiger partial charge in [0.2, 0.25) is 0 Å². The Labute approximate surface area is 149 Å². The van der Waals surface area contributed by atoms with E-state index in [1.165, 1.54) is 12.3 Å². The molecule has 25 heavy (non-hydrogen) atoms. The number of carbonyl (C=O) groups excluding carboxylic acids is 3. The van der Waals surface area contributed by atoms with E-state index in [2.05, 4.69) is 10.6 Å². The summed E-state index contributed by atoms with van der Waals surface area (Å²) in [6, 6.07) is 3.10. The van der Waals surface area contributed by atoms with Gasteiger partial charge in [0.15, 0.2) is 5.76 Å². The van der Waals surface area contributed by atoms with Gasteiger partial charge in [0.25, 0.3) is 11.8 Å². The van der Waals surface area contributed by atoms with Crippen LogP contribution in [0.4, 0.5) is 5.00 Å². The lowest BCUT2D eigenvalue weighted by Gasteiger charge is -2.06. The van der Waals surface area contributed by atoms with Crippen LogP contribution in [0.3, 0.4) is 0 Å². The molecule has 0 aromatic carbocycles. The van der Waals surface area contributed by atoms with Crippen LogP contribution < -0.4 is 10.6 Å². The normalized spacial score (nSPS) is 10.4. The standard InChI is InChI=1S/C17H20N2O5S/c1-4-8-18-15(21)13-10(3)12(17(22)23-5-2)16(25-13)19-14(20)11-7-6-9-24-11/h6-7,9H,4-5,8H2,1-3H3,(H,18,21)(H,19,20). The van der Waals surface area contributed by atoms with Gasteiger partial charge in [-0.3, -0.25) is 9.59 Å². The van der Waals surface area contributed by atoms with Gasteiger partial charge < -0.3 is 19.8 Å². The molecule has 0 saturated heterocycles. The van der Waals surface area contributed by atoms with Gasteiger partial charge in [-0.15, -0.1) is 11.3 Å². The van der Waals surface area contributed by atoms with Crippen molar-refractivity contribution in [3.63, 3.8) is 0 Å². The summed E-state index contributed by atoms with van der Waals surface area (Å²) < 4.78 is 10.1. The fraction of sp³-hybridized carbons (Fsp3) is 0.353. The molecule has 0 spiro atoms. The minimum Gasteiger partial charge on any atom is -0.462 e. The second kappa shape index (κ2) is 8.48. The number of esters is 1. The highest BCUT2D eigenvalue weighted by Crippen LogP contribution is 2.34. The molecule has 2 rings (SSSR count). The molecule has 0 aliphatic rings. The molecule has 2 aromatic rings. The van der Waals surface area contributed by atoms with Gasteiger partial charge in [0, 0.05) is 6.54 Å². The molecule has 0 fully saturated rings. The first-order chi connectivity index (χ1) is 12.0. The highest BCUT2D eigenvalue weighted by Gasteiger charge is 2.27. The summed E-state index contributed by atoms with van der Waals surface area (Å²) in [5.74, 6) is -1.26. The second-order valence-corrected chi connectivity index (χ2v) is 6.19. The number of thiophene rings is 1. The molecular weight excluding hydrogens is 344 g/mol. The average Bonchev–Trinajstić information content (AvgIpc) is 3.21. The molecule has 2 aromatic heterocycles. The van der Waals surface area contributed by atoms with E-state index in [4.69, 9.17) is 9.15 Å². The first-order valence-corrected chi connectivity index (χ1v) is 8.74. The molecule has 0 aliphatic carbocycles. The molecule has 2 N–H and O–H groups in total. The zero-order valence-electron chi connectivity index (χ0n) is 14.3. The van der Waals surface area contributed by atoms with Crippen LogP contribution in [-0.4, -0.2) is 30.9 Å². The van der Waals surface area contributed by atoms with Crippen molar-refractivity contribution in [2.45, 2.75) is 27.2 Å². The zero-order valence-corrected chi connectivity index (χ0v) is 15.1. The molecule has 134 valence electrons. The lowest BCUT2D eigenvalue weighted by atomic mass is 10.1. The van der Waals surface area contributed by atoms with Gasteiger partial charge in [0.1, 0.15) is 5.00 Å². The minimum atomic E-state index is -0.583. The topological polar surface area (TPSA) is 97.6 Å². The highest BCUT2D eigenvalue weighted by molar-refractivity contribution is 7.18. The molecule has 7 nitrogen and oxygen atoms in total. The fourth-order valence-electron chi connectivity index (χ4n) is 2.16. The number of anilines is 1. The predicted octanol–water partition coefficient (Wildman–Crippen LogP) is 3.22. The average molecular weight is 364 g/mol. The van der Waals surface area contributed by atoms with E-state index in [0.29, 0.717) is 17.0 Å². The number of ether oxygens (including phenoxy) is 1. The largest absolute Gasteiger partial charge is 0.462 e. The van der Waals surface area contributed by atoms with Crippen LogP contribution in [0.25, 0.3) is 0 Å². The highest BCUT2D eigenvalue weighted by atomic mass is 32.1. The Morgan fingerprint density at radius 2 is 2.00 bits per heavy atom. The summed E-state index contributed by atoms with van der Waals surface area (Å²) in [5, 5.41) is 5.66. The van der Waals surface area contributed by atoms with E-state index in [1.807, 2.05) is 6.92 Å². The molecule has 0 bridgehead atoms. The molecule has 0 saturated carbocycles. The van der Waals surface area contributed by atoms with Crippen molar-refractivity contribution in [1.82, 2.24) is 5.32 Å². The lowest BCUT2D eigenvalue weighted by molar-refractivity contribution is 0.0527. The van der Waals surface area contributed by atoms with Crippen molar-refractivity contribution in [2.75, 3.05) is 18.5 Å². The Hall–Kier alpha value is -2.61. The minimum absolute atomic E-state index is 0.109. The Morgan fingerprint density at radius 3 is 2.60 bits per heavy atom. The van der Waals surface area contributed by atoms with Crippen LogP contribution >= 0.6 is 11.3 Å². The van der Waals surface area contributed by atoms with Crippen molar-refractivity contribution in [1.29, 1.82) is 0 Å². The van der Waals surface area contributed by atoms with E-state index in [0.717, 1.165) is 17.8 Å². The molecule has 2 amide bonds. The predicted molar refractivity (Wildman–Crippen MR) is 94.3 cm³/mol. The third-order valence-corrected chi connectivity index (χ3v) is 4.55. The van der Waals surface area contributed by atoms with E-state index < -0.39 is 11.9 Å². The molecule has 8 heteroatoms. The van der Waals surface area contributed by atoms with Crippen LogP contribution in [0.1, 0.15) is 56.4 Å². The first-order valence-electron chi connectivity index (χ1n) is 7.93. The fourth-order valence-corrected chi connectivity index (χ4v) is 3.26. The van der Waals surface area contributed by atoms with Gasteiger partial charge in [-0.2, -0.15) is 0 Å². The Morgan fingerprint density at radius 1 is 1.24 bits per heavy atom. The van der Waals surface area contributed by atoms with Gasteiger partial charge >= 0.3 is 5.97 Å². The number of hydrogen-bond acceptors (Lipinski definition) is 6. The van der Waals surface area contributed by atoms with Crippen molar-refractivity contribution in [3.05, 3.63) is 40.2 Å². The summed E-state index contributed by atoms with van der Waals surface area (Å²) in [7, 11) is 0. The monoisotopic (exact) mass is 364 g/mol. The van der Waals surface area contributed by atoms with Crippen LogP contribution in [0, 0.1) is 6.92 Å². The molecular formula is C17H20N2O5S. The summed E-state index contributed by atoms with van der Waals surface area (Å²) >= 11 is 1.04.